The monoisotopic (exact) mass is 162 g/mol. The maximum absolute atomic E-state index is 11.0. The van der Waals surface area contributed by atoms with Crippen LogP contribution in [0.1, 0.15) is 0 Å². The van der Waals surface area contributed by atoms with Crippen molar-refractivity contribution in [1.29, 1.82) is 0 Å². The lowest BCUT2D eigenvalue weighted by molar-refractivity contribution is -0.571. The largest absolute Gasteiger partial charge is 0.414 e. The third-order valence-corrected chi connectivity index (χ3v) is 0.196. The molecular formula is C2H5F3N2O3. The van der Waals surface area contributed by atoms with Gasteiger partial charge < -0.3 is 15.3 Å². The number of hydrogen-bond acceptors (Lipinski definition) is 3. The van der Waals surface area contributed by atoms with Crippen LogP contribution in [0, 0.1) is 15.3 Å². The van der Waals surface area contributed by atoms with Crippen molar-refractivity contribution in [1.82, 2.24) is 0 Å². The molecule has 10 heavy (non-hydrogen) atoms. The molecule has 0 atom stereocenters. The molecule has 0 rings (SSSR count). The Morgan fingerprint density at radius 2 is 1.60 bits per heavy atom. The molecule has 0 aliphatic heterocycles. The topological polar surface area (TPSA) is 93.8 Å². The lowest BCUT2D eigenvalue weighted by Crippen LogP contribution is -2.68. The smallest absolute Gasteiger partial charge is 0.356 e. The van der Waals surface area contributed by atoms with Crippen LogP contribution in [-0.2, 0) is 0 Å². The van der Waals surface area contributed by atoms with Crippen molar-refractivity contribution in [3.8, 4) is 0 Å². The predicted octanol–water partition coefficient (Wildman–Crippen LogP) is -0.449. The van der Waals surface area contributed by atoms with Gasteiger partial charge in [0.05, 0.1) is 5.09 Å². The third-order valence-electron chi connectivity index (χ3n) is 0.196. The van der Waals surface area contributed by atoms with Crippen LogP contribution in [0.15, 0.2) is 0 Å². The standard InChI is InChI=1S/C2H4F3N.NO3/c3-1-2(4,5)6;2-1(3)4/h1,6H2;/q;-1/p+1. The molecule has 0 fully saturated rings. The number of nitrogens with zero attached hydrogens (tertiary/aromatic N) is 1. The van der Waals surface area contributed by atoms with Gasteiger partial charge in [0.2, 0.25) is 6.67 Å². The van der Waals surface area contributed by atoms with E-state index in [2.05, 4.69) is 5.73 Å². The maximum atomic E-state index is 11.0. The Morgan fingerprint density at radius 1 is 1.50 bits per heavy atom. The minimum absolute atomic E-state index is 1.67. The molecule has 0 unspecified atom stereocenters. The van der Waals surface area contributed by atoms with E-state index < -0.39 is 17.8 Å². The van der Waals surface area contributed by atoms with Gasteiger partial charge in [-0.2, -0.15) is 0 Å². The van der Waals surface area contributed by atoms with E-state index in [9.17, 15) is 13.2 Å². The highest BCUT2D eigenvalue weighted by atomic mass is 19.3. The van der Waals surface area contributed by atoms with Crippen LogP contribution < -0.4 is 5.73 Å². The molecule has 0 spiro atoms. The van der Waals surface area contributed by atoms with E-state index in [4.69, 9.17) is 15.3 Å². The summed E-state index contributed by atoms with van der Waals surface area (Å²) < 4.78 is 32.6. The first-order chi connectivity index (χ1) is 4.29. The average Bonchev–Trinajstić information content (AvgIpc) is 1.63. The molecule has 0 aliphatic carbocycles. The lowest BCUT2D eigenvalue weighted by atomic mass is 10.7. The minimum Gasteiger partial charge on any atom is -0.356 e. The fourth-order valence-corrected chi connectivity index (χ4v) is 0. The van der Waals surface area contributed by atoms with Crippen LogP contribution in [0.3, 0.4) is 0 Å². The van der Waals surface area contributed by atoms with Crippen molar-refractivity contribution in [2.24, 2.45) is 0 Å². The van der Waals surface area contributed by atoms with Gasteiger partial charge >= 0.3 is 6.05 Å². The van der Waals surface area contributed by atoms with Gasteiger partial charge in [-0.15, -0.1) is 8.78 Å². The normalized spacial score (nSPS) is 9.60. The van der Waals surface area contributed by atoms with Gasteiger partial charge in [0, 0.05) is 0 Å². The molecule has 0 aromatic carbocycles. The minimum atomic E-state index is -3.38. The van der Waals surface area contributed by atoms with E-state index in [1.165, 1.54) is 0 Å². The zero-order chi connectivity index (χ0) is 8.78. The summed E-state index contributed by atoms with van der Waals surface area (Å²) in [7, 11) is 0. The second kappa shape index (κ2) is 4.79. The summed E-state index contributed by atoms with van der Waals surface area (Å²) in [6.45, 7) is -1.67. The van der Waals surface area contributed by atoms with E-state index in [0.717, 1.165) is 0 Å². The third kappa shape index (κ3) is 64.7. The van der Waals surface area contributed by atoms with E-state index in [-0.39, 0.29) is 0 Å². The van der Waals surface area contributed by atoms with Gasteiger partial charge in [-0.1, -0.05) is 0 Å². The number of halogens is 3. The fourth-order valence-electron chi connectivity index (χ4n) is 0. The summed E-state index contributed by atoms with van der Waals surface area (Å²) in [6.07, 6.45) is 0. The Kier molecular flexibility index (Phi) is 5.61. The first kappa shape index (κ1) is 11.7. The van der Waals surface area contributed by atoms with Crippen LogP contribution in [0.4, 0.5) is 13.2 Å². The number of hydrogen-bond donors (Lipinski definition) is 1. The van der Waals surface area contributed by atoms with Gasteiger partial charge in [-0.3, -0.25) is 5.73 Å². The van der Waals surface area contributed by atoms with E-state index in [1.807, 2.05) is 0 Å². The van der Waals surface area contributed by atoms with E-state index in [1.54, 1.807) is 0 Å². The fraction of sp³-hybridized carbons (Fsp3) is 1.00. The second-order valence-electron chi connectivity index (χ2n) is 1.21. The zero-order valence-electron chi connectivity index (χ0n) is 4.72. The molecule has 3 N–H and O–H groups in total. The van der Waals surface area contributed by atoms with E-state index >= 15 is 0 Å². The average molecular weight is 162 g/mol. The van der Waals surface area contributed by atoms with Crippen LogP contribution in [-0.4, -0.2) is 17.8 Å². The Bertz CT molecular complexity index is 98.4. The molecule has 0 aromatic rings. The summed E-state index contributed by atoms with van der Waals surface area (Å²) in [6, 6.07) is -3.38. The molecule has 5 nitrogen and oxygen atoms in total. The highest BCUT2D eigenvalue weighted by Gasteiger charge is 2.25. The van der Waals surface area contributed by atoms with Gasteiger partial charge in [-0.25, -0.2) is 4.39 Å². The molecule has 0 saturated heterocycles. The van der Waals surface area contributed by atoms with Crippen molar-refractivity contribution in [3.63, 3.8) is 0 Å². The molecule has 0 heterocycles. The van der Waals surface area contributed by atoms with Crippen LogP contribution in [0.5, 0.6) is 0 Å². The first-order valence-electron chi connectivity index (χ1n) is 1.90. The van der Waals surface area contributed by atoms with Crippen molar-refractivity contribution in [2.75, 3.05) is 6.67 Å². The summed E-state index contributed by atoms with van der Waals surface area (Å²) >= 11 is 0. The number of rotatable bonds is 1. The van der Waals surface area contributed by atoms with Crippen LogP contribution in [0.2, 0.25) is 0 Å². The molecule has 62 valence electrons. The van der Waals surface area contributed by atoms with Crippen molar-refractivity contribution in [3.05, 3.63) is 15.3 Å². The summed E-state index contributed by atoms with van der Waals surface area (Å²) in [5, 5.41) is 14.8. The Morgan fingerprint density at radius 3 is 1.60 bits per heavy atom. The summed E-state index contributed by atoms with van der Waals surface area (Å²) in [5.74, 6) is 0. The van der Waals surface area contributed by atoms with Crippen molar-refractivity contribution < 1.29 is 24.0 Å². The Hall–Kier alpha value is -1.05. The summed E-state index contributed by atoms with van der Waals surface area (Å²) in [5.41, 5.74) is 2.18. The van der Waals surface area contributed by atoms with Crippen LogP contribution in [0.25, 0.3) is 0 Å². The number of quaternary nitrogens is 1. The predicted molar refractivity (Wildman–Crippen MR) is 24.2 cm³/mol. The Labute approximate surface area is 53.3 Å². The highest BCUT2D eigenvalue weighted by molar-refractivity contribution is 4.35. The first-order valence-corrected chi connectivity index (χ1v) is 1.90. The molecular weight excluding hydrogens is 157 g/mol. The molecule has 0 saturated carbocycles. The highest BCUT2D eigenvalue weighted by Crippen LogP contribution is 1.98. The molecule has 0 bridgehead atoms. The van der Waals surface area contributed by atoms with Gasteiger partial charge in [0.15, 0.2) is 0 Å². The lowest BCUT2D eigenvalue weighted by Gasteiger charge is -1.94. The second-order valence-corrected chi connectivity index (χ2v) is 1.21. The molecule has 8 heteroatoms. The quantitative estimate of drug-likeness (QED) is 0.321. The van der Waals surface area contributed by atoms with Gasteiger partial charge in [0.25, 0.3) is 0 Å². The van der Waals surface area contributed by atoms with Gasteiger partial charge in [-0.05, 0) is 0 Å². The van der Waals surface area contributed by atoms with Crippen LogP contribution >= 0.6 is 0 Å². The summed E-state index contributed by atoms with van der Waals surface area (Å²) in [4.78, 5) is 8.25. The van der Waals surface area contributed by atoms with Crippen molar-refractivity contribution >= 4 is 0 Å². The SMILES string of the molecule is O=[N+]([O-])[O-].[NH3+]C(F)(F)CF. The van der Waals surface area contributed by atoms with Gasteiger partial charge in [0.1, 0.15) is 0 Å². The maximum Gasteiger partial charge on any atom is 0.414 e. The number of alkyl halides is 3. The molecule has 0 aliphatic rings. The van der Waals surface area contributed by atoms with Crippen molar-refractivity contribution in [2.45, 2.75) is 6.05 Å². The molecule has 0 amide bonds. The van der Waals surface area contributed by atoms with E-state index in [0.29, 0.717) is 0 Å². The molecule has 0 aromatic heterocycles. The molecule has 0 radical (unpaired) electrons. The zero-order valence-corrected chi connectivity index (χ0v) is 4.72. The Balaban J connectivity index is 0.